The van der Waals surface area contributed by atoms with Crippen LogP contribution in [0.2, 0.25) is 0 Å². The van der Waals surface area contributed by atoms with Crippen LogP contribution in [0.25, 0.3) is 4.91 Å². The van der Waals surface area contributed by atoms with Crippen molar-refractivity contribution >= 4 is 16.7 Å². The zero-order chi connectivity index (χ0) is 19.7. The molecule has 0 aromatic heterocycles. The Balaban J connectivity index is 2.09. The Hall–Kier alpha value is -3.27. The minimum atomic E-state index is -0.494. The molecular weight excluding hydrogens is 360 g/mol. The van der Waals surface area contributed by atoms with E-state index < -0.39 is 4.75 Å². The highest BCUT2D eigenvalue weighted by Gasteiger charge is 2.46. The second-order valence-electron chi connectivity index (χ2n) is 6.99. The van der Waals surface area contributed by atoms with E-state index in [0.717, 1.165) is 27.2 Å². The summed E-state index contributed by atoms with van der Waals surface area (Å²) in [5, 5.41) is 19.1. The van der Waals surface area contributed by atoms with Crippen molar-refractivity contribution < 1.29 is 0 Å². The summed E-state index contributed by atoms with van der Waals surface area (Å²) in [7, 11) is 0. The molecular formula is C25H18N2S. The molecule has 0 fully saturated rings. The van der Waals surface area contributed by atoms with Crippen LogP contribution in [0, 0.1) is 36.5 Å². The molecule has 0 saturated carbocycles. The molecule has 0 amide bonds. The van der Waals surface area contributed by atoms with E-state index >= 15 is 0 Å². The summed E-state index contributed by atoms with van der Waals surface area (Å²) in [6, 6.07) is 29.4. The predicted molar refractivity (Wildman–Crippen MR) is 114 cm³/mol. The average molecular weight is 379 g/mol. The lowest BCUT2D eigenvalue weighted by Crippen LogP contribution is -2.22. The van der Waals surface area contributed by atoms with Gasteiger partial charge in [0.2, 0.25) is 0 Å². The van der Waals surface area contributed by atoms with Crippen molar-refractivity contribution in [1.29, 1.82) is 10.5 Å². The normalized spacial score (nSPS) is 14.1. The van der Waals surface area contributed by atoms with Crippen LogP contribution < -0.4 is 0 Å². The fourth-order valence-electron chi connectivity index (χ4n) is 3.74. The van der Waals surface area contributed by atoms with Crippen LogP contribution in [0.1, 0.15) is 33.4 Å². The first-order valence-corrected chi connectivity index (χ1v) is 9.89. The van der Waals surface area contributed by atoms with Gasteiger partial charge in [0.1, 0.15) is 17.7 Å². The van der Waals surface area contributed by atoms with E-state index in [0.29, 0.717) is 0 Å². The number of rotatable bonds is 2. The molecule has 28 heavy (non-hydrogen) atoms. The van der Waals surface area contributed by atoms with Crippen LogP contribution in [0.15, 0.2) is 78.4 Å². The summed E-state index contributed by atoms with van der Waals surface area (Å²) in [5.74, 6) is 0. The molecule has 1 aliphatic rings. The summed E-state index contributed by atoms with van der Waals surface area (Å²) in [6.07, 6.45) is 0. The molecule has 3 aromatic carbocycles. The van der Waals surface area contributed by atoms with E-state index in [1.54, 1.807) is 11.8 Å². The van der Waals surface area contributed by atoms with Crippen molar-refractivity contribution in [2.45, 2.75) is 18.6 Å². The van der Waals surface area contributed by atoms with Crippen molar-refractivity contribution in [3.63, 3.8) is 0 Å². The number of thioether (sulfide) groups is 1. The molecule has 0 radical (unpaired) electrons. The van der Waals surface area contributed by atoms with Crippen LogP contribution in [-0.2, 0) is 4.75 Å². The zero-order valence-corrected chi connectivity index (χ0v) is 16.5. The van der Waals surface area contributed by atoms with E-state index in [4.69, 9.17) is 0 Å². The molecule has 0 aliphatic carbocycles. The van der Waals surface area contributed by atoms with E-state index in [2.05, 4.69) is 80.6 Å². The SMILES string of the molecule is Cc1ccc(C2(c3ccc(C)cc3)SC(=C(C#N)C#N)c3ccccc32)cc1. The van der Waals surface area contributed by atoms with Crippen molar-refractivity contribution in [1.82, 2.24) is 0 Å². The third-order valence-corrected chi connectivity index (χ3v) is 6.80. The third kappa shape index (κ3) is 2.73. The number of hydrogen-bond donors (Lipinski definition) is 0. The highest BCUT2D eigenvalue weighted by atomic mass is 32.2. The number of allylic oxidation sites excluding steroid dienone is 1. The maximum Gasteiger partial charge on any atom is 0.143 e. The van der Waals surface area contributed by atoms with Crippen LogP contribution in [0.4, 0.5) is 0 Å². The van der Waals surface area contributed by atoms with E-state index in [1.807, 2.05) is 18.2 Å². The molecule has 0 N–H and O–H groups in total. The molecule has 2 nitrogen and oxygen atoms in total. The summed E-state index contributed by atoms with van der Waals surface area (Å²) in [5.41, 5.74) is 6.93. The van der Waals surface area contributed by atoms with Crippen molar-refractivity contribution in [2.24, 2.45) is 0 Å². The Bertz CT molecular complexity index is 1100. The monoisotopic (exact) mass is 378 g/mol. The quantitative estimate of drug-likeness (QED) is 0.506. The molecule has 4 rings (SSSR count). The van der Waals surface area contributed by atoms with Gasteiger partial charge in [-0.3, -0.25) is 0 Å². The van der Waals surface area contributed by atoms with Gasteiger partial charge in [0.15, 0.2) is 0 Å². The van der Waals surface area contributed by atoms with Crippen LogP contribution in [0.3, 0.4) is 0 Å². The predicted octanol–water partition coefficient (Wildman–Crippen LogP) is 6.10. The lowest BCUT2D eigenvalue weighted by molar-refractivity contribution is 0.905. The summed E-state index contributed by atoms with van der Waals surface area (Å²) < 4.78 is -0.494. The number of fused-ring (bicyclic) bond motifs is 1. The van der Waals surface area contributed by atoms with Gasteiger partial charge in [-0.25, -0.2) is 0 Å². The van der Waals surface area contributed by atoms with Crippen LogP contribution >= 0.6 is 11.8 Å². The highest BCUT2D eigenvalue weighted by molar-refractivity contribution is 8.10. The standard InChI is InChI=1S/C25H18N2S/c1-17-7-11-20(12-8-17)25(21-13-9-18(2)10-14-21)23-6-4-3-5-22(23)24(28-25)19(15-26)16-27/h3-14H,1-2H3. The molecule has 0 unspecified atom stereocenters. The van der Waals surface area contributed by atoms with Gasteiger partial charge in [0.05, 0.1) is 4.75 Å². The Morgan fingerprint density at radius 2 is 1.25 bits per heavy atom. The third-order valence-electron chi connectivity index (χ3n) is 5.17. The van der Waals surface area contributed by atoms with Gasteiger partial charge in [0, 0.05) is 4.91 Å². The fourth-order valence-corrected chi connectivity index (χ4v) is 5.32. The number of nitrogens with zero attached hydrogens (tertiary/aromatic N) is 2. The van der Waals surface area contributed by atoms with Gasteiger partial charge in [0.25, 0.3) is 0 Å². The first kappa shape index (κ1) is 18.1. The van der Waals surface area contributed by atoms with E-state index in [-0.39, 0.29) is 5.57 Å². The molecule has 134 valence electrons. The Labute approximate surface area is 169 Å². The first-order valence-electron chi connectivity index (χ1n) is 9.08. The Morgan fingerprint density at radius 1 is 0.750 bits per heavy atom. The van der Waals surface area contributed by atoms with Gasteiger partial charge in [-0.15, -0.1) is 11.8 Å². The van der Waals surface area contributed by atoms with Gasteiger partial charge < -0.3 is 0 Å². The Kier molecular flexibility index (Phi) is 4.55. The first-order chi connectivity index (χ1) is 13.6. The van der Waals surface area contributed by atoms with Gasteiger partial charge in [-0.2, -0.15) is 10.5 Å². The van der Waals surface area contributed by atoms with Crippen molar-refractivity contribution in [3.8, 4) is 12.1 Å². The second-order valence-corrected chi connectivity index (χ2v) is 8.21. The largest absolute Gasteiger partial charge is 0.192 e. The molecule has 3 aromatic rings. The Morgan fingerprint density at radius 3 is 1.75 bits per heavy atom. The number of hydrogen-bond acceptors (Lipinski definition) is 3. The summed E-state index contributed by atoms with van der Waals surface area (Å²) >= 11 is 1.60. The fraction of sp³-hybridized carbons (Fsp3) is 0.120. The molecule has 0 atom stereocenters. The zero-order valence-electron chi connectivity index (χ0n) is 15.7. The molecule has 0 bridgehead atoms. The number of aryl methyl sites for hydroxylation is 2. The molecule has 1 aliphatic heterocycles. The molecule has 3 heteroatoms. The molecule has 0 saturated heterocycles. The molecule has 0 spiro atoms. The van der Waals surface area contributed by atoms with Crippen molar-refractivity contribution in [3.05, 3.63) is 112 Å². The maximum absolute atomic E-state index is 9.55. The van der Waals surface area contributed by atoms with Crippen LogP contribution in [-0.4, -0.2) is 0 Å². The number of benzene rings is 3. The minimum Gasteiger partial charge on any atom is -0.192 e. The number of nitriles is 2. The summed E-state index contributed by atoms with van der Waals surface area (Å²) in [6.45, 7) is 4.15. The highest BCUT2D eigenvalue weighted by Crippen LogP contribution is 2.61. The summed E-state index contributed by atoms with van der Waals surface area (Å²) in [4.78, 5) is 0.752. The topological polar surface area (TPSA) is 47.6 Å². The van der Waals surface area contributed by atoms with Crippen molar-refractivity contribution in [2.75, 3.05) is 0 Å². The lowest BCUT2D eigenvalue weighted by atomic mass is 9.81. The minimum absolute atomic E-state index is 0.165. The van der Waals surface area contributed by atoms with Gasteiger partial charge >= 0.3 is 0 Å². The average Bonchev–Trinajstić information content (AvgIpc) is 3.07. The maximum atomic E-state index is 9.55. The lowest BCUT2D eigenvalue weighted by Gasteiger charge is -2.31. The van der Waals surface area contributed by atoms with E-state index in [1.165, 1.54) is 11.1 Å². The second kappa shape index (κ2) is 7.04. The van der Waals surface area contributed by atoms with Gasteiger partial charge in [-0.05, 0) is 36.1 Å². The molecule has 1 heterocycles. The van der Waals surface area contributed by atoms with Crippen LogP contribution in [0.5, 0.6) is 0 Å². The smallest absolute Gasteiger partial charge is 0.143 e. The van der Waals surface area contributed by atoms with E-state index in [9.17, 15) is 10.5 Å². The van der Waals surface area contributed by atoms with Gasteiger partial charge in [-0.1, -0.05) is 83.9 Å².